The maximum absolute atomic E-state index is 9.49. The van der Waals surface area contributed by atoms with E-state index in [1.165, 1.54) is 31.4 Å². The molecule has 1 N–H and O–H groups in total. The third-order valence-corrected chi connectivity index (χ3v) is 5.38. The highest BCUT2D eigenvalue weighted by Gasteiger charge is 2.31. The minimum Gasteiger partial charge on any atom is -0.392 e. The number of halogens is 1. The number of benzene rings is 1. The molecule has 0 bridgehead atoms. The molecule has 2 nitrogen and oxygen atoms in total. The number of aliphatic hydroxyl groups is 1. The molecule has 106 valence electrons. The Balaban J connectivity index is 2.15. The van der Waals surface area contributed by atoms with Gasteiger partial charge in [-0.3, -0.25) is 0 Å². The van der Waals surface area contributed by atoms with Crippen LogP contribution in [0.15, 0.2) is 22.7 Å². The molecular weight excluding hydrogens is 302 g/mol. The Morgan fingerprint density at radius 1 is 1.21 bits per heavy atom. The van der Waals surface area contributed by atoms with Gasteiger partial charge in [0.05, 0.1) is 6.61 Å². The lowest BCUT2D eigenvalue weighted by Crippen LogP contribution is -2.40. The van der Waals surface area contributed by atoms with E-state index in [2.05, 4.69) is 40.7 Å². The maximum Gasteiger partial charge on any atom is 0.0702 e. The van der Waals surface area contributed by atoms with Gasteiger partial charge in [-0.1, -0.05) is 48.7 Å². The third kappa shape index (κ3) is 3.14. The summed E-state index contributed by atoms with van der Waals surface area (Å²) in [4.78, 5) is 2.43. The van der Waals surface area contributed by atoms with Crippen LogP contribution >= 0.6 is 15.9 Å². The van der Waals surface area contributed by atoms with Crippen molar-refractivity contribution < 1.29 is 5.11 Å². The number of piperidine rings is 1. The lowest BCUT2D eigenvalue weighted by molar-refractivity contribution is 0.199. The van der Waals surface area contributed by atoms with Crippen molar-refractivity contribution in [3.63, 3.8) is 0 Å². The van der Waals surface area contributed by atoms with Gasteiger partial charge in [0.1, 0.15) is 0 Å². The van der Waals surface area contributed by atoms with Crippen LogP contribution in [0.2, 0.25) is 0 Å². The predicted molar refractivity (Wildman–Crippen MR) is 84.5 cm³/mol. The van der Waals surface area contributed by atoms with E-state index >= 15 is 0 Å². The molecule has 0 aliphatic carbocycles. The highest BCUT2D eigenvalue weighted by atomic mass is 79.9. The lowest BCUT2D eigenvalue weighted by Gasteiger charge is -2.42. The Labute approximate surface area is 124 Å². The molecule has 0 amide bonds. The maximum atomic E-state index is 9.49. The molecule has 2 rings (SSSR count). The van der Waals surface area contributed by atoms with Crippen molar-refractivity contribution in [2.24, 2.45) is 5.41 Å². The molecule has 1 aromatic carbocycles. The van der Waals surface area contributed by atoms with Crippen LogP contribution < -0.4 is 4.90 Å². The van der Waals surface area contributed by atoms with Crippen LogP contribution in [0.5, 0.6) is 0 Å². The zero-order valence-electron chi connectivity index (χ0n) is 12.0. The fourth-order valence-electron chi connectivity index (χ4n) is 3.14. The summed E-state index contributed by atoms with van der Waals surface area (Å²) in [6, 6.07) is 6.15. The van der Waals surface area contributed by atoms with E-state index in [1.807, 2.05) is 12.1 Å². The molecule has 1 fully saturated rings. The van der Waals surface area contributed by atoms with Gasteiger partial charge in [-0.2, -0.15) is 0 Å². The minimum absolute atomic E-state index is 0.117. The standard InChI is InChI=1S/C16H24BrNO/c1-3-16(4-2)7-9-18(10-8-16)15-11-14(17)6-5-13(15)12-19/h5-6,11,19H,3-4,7-10,12H2,1-2H3. The van der Waals surface area contributed by atoms with E-state index in [9.17, 15) is 5.11 Å². The van der Waals surface area contributed by atoms with Gasteiger partial charge in [0.2, 0.25) is 0 Å². The van der Waals surface area contributed by atoms with E-state index in [-0.39, 0.29) is 6.61 Å². The smallest absolute Gasteiger partial charge is 0.0702 e. The Kier molecular flexibility index (Phi) is 4.91. The second-order valence-corrected chi connectivity index (χ2v) is 6.54. The van der Waals surface area contributed by atoms with E-state index in [0.29, 0.717) is 5.41 Å². The Hall–Kier alpha value is -0.540. The SMILES string of the molecule is CCC1(CC)CCN(c2cc(Br)ccc2CO)CC1. The molecule has 1 aliphatic heterocycles. The summed E-state index contributed by atoms with van der Waals surface area (Å²) in [5.41, 5.74) is 2.77. The Morgan fingerprint density at radius 3 is 2.37 bits per heavy atom. The molecule has 0 unspecified atom stereocenters. The van der Waals surface area contributed by atoms with Gasteiger partial charge in [-0.15, -0.1) is 0 Å². The van der Waals surface area contributed by atoms with Gasteiger partial charge in [0.25, 0.3) is 0 Å². The highest BCUT2D eigenvalue weighted by molar-refractivity contribution is 9.10. The molecule has 0 atom stereocenters. The van der Waals surface area contributed by atoms with Crippen LogP contribution in [0, 0.1) is 5.41 Å². The number of hydrogen-bond acceptors (Lipinski definition) is 2. The van der Waals surface area contributed by atoms with Gasteiger partial charge in [0.15, 0.2) is 0 Å². The monoisotopic (exact) mass is 325 g/mol. The summed E-state index contributed by atoms with van der Waals surface area (Å²) in [6.07, 6.45) is 5.08. The molecule has 1 heterocycles. The molecule has 0 spiro atoms. The van der Waals surface area contributed by atoms with Gasteiger partial charge in [0, 0.05) is 28.8 Å². The summed E-state index contributed by atoms with van der Waals surface area (Å²) >= 11 is 3.53. The van der Waals surface area contributed by atoms with Crippen molar-refractivity contribution in [2.45, 2.75) is 46.1 Å². The minimum atomic E-state index is 0.117. The summed E-state index contributed by atoms with van der Waals surface area (Å²) in [7, 11) is 0. The molecule has 1 aliphatic rings. The Morgan fingerprint density at radius 2 is 1.84 bits per heavy atom. The van der Waals surface area contributed by atoms with Crippen LogP contribution in [-0.4, -0.2) is 18.2 Å². The first-order valence-corrected chi connectivity index (χ1v) is 8.07. The predicted octanol–water partition coefficient (Wildman–Crippen LogP) is 4.35. The zero-order valence-corrected chi connectivity index (χ0v) is 13.5. The van der Waals surface area contributed by atoms with Gasteiger partial charge in [-0.25, -0.2) is 0 Å². The number of nitrogens with zero attached hydrogens (tertiary/aromatic N) is 1. The molecule has 0 radical (unpaired) electrons. The summed E-state index contributed by atoms with van der Waals surface area (Å²) in [5, 5.41) is 9.49. The van der Waals surface area contributed by atoms with E-state index in [1.54, 1.807) is 0 Å². The molecule has 19 heavy (non-hydrogen) atoms. The summed E-state index contributed by atoms with van der Waals surface area (Å²) in [6.45, 7) is 6.96. The molecular formula is C16H24BrNO. The van der Waals surface area contributed by atoms with Gasteiger partial charge >= 0.3 is 0 Å². The fourth-order valence-corrected chi connectivity index (χ4v) is 3.49. The summed E-state index contributed by atoms with van der Waals surface area (Å²) in [5.74, 6) is 0. The zero-order chi connectivity index (χ0) is 13.9. The molecule has 1 aromatic rings. The third-order valence-electron chi connectivity index (χ3n) is 4.88. The van der Waals surface area contributed by atoms with Crippen molar-refractivity contribution in [3.8, 4) is 0 Å². The van der Waals surface area contributed by atoms with E-state index in [0.717, 1.165) is 23.1 Å². The second-order valence-electron chi connectivity index (χ2n) is 5.63. The lowest BCUT2D eigenvalue weighted by atomic mass is 9.74. The van der Waals surface area contributed by atoms with Crippen molar-refractivity contribution in [2.75, 3.05) is 18.0 Å². The number of hydrogen-bond donors (Lipinski definition) is 1. The average Bonchev–Trinajstić information content (AvgIpc) is 2.47. The molecule has 0 aromatic heterocycles. The quantitative estimate of drug-likeness (QED) is 0.889. The van der Waals surface area contributed by atoms with Gasteiger partial charge < -0.3 is 10.0 Å². The van der Waals surface area contributed by atoms with Crippen molar-refractivity contribution in [3.05, 3.63) is 28.2 Å². The average molecular weight is 326 g/mol. The molecule has 1 saturated heterocycles. The van der Waals surface area contributed by atoms with Crippen molar-refractivity contribution in [1.29, 1.82) is 0 Å². The van der Waals surface area contributed by atoms with Crippen LogP contribution in [0.3, 0.4) is 0 Å². The molecule has 3 heteroatoms. The first-order valence-electron chi connectivity index (χ1n) is 7.28. The van der Waals surface area contributed by atoms with Crippen LogP contribution in [-0.2, 0) is 6.61 Å². The summed E-state index contributed by atoms with van der Waals surface area (Å²) < 4.78 is 1.09. The number of rotatable bonds is 4. The first-order chi connectivity index (χ1) is 9.14. The van der Waals surface area contributed by atoms with Crippen LogP contribution in [0.4, 0.5) is 5.69 Å². The van der Waals surface area contributed by atoms with Crippen molar-refractivity contribution in [1.82, 2.24) is 0 Å². The van der Waals surface area contributed by atoms with Crippen molar-refractivity contribution >= 4 is 21.6 Å². The van der Waals surface area contributed by atoms with E-state index < -0.39 is 0 Å². The number of anilines is 1. The Bertz CT molecular complexity index is 419. The first kappa shape index (κ1) is 14.9. The number of aliphatic hydroxyl groups excluding tert-OH is 1. The topological polar surface area (TPSA) is 23.5 Å². The normalized spacial score (nSPS) is 18.6. The van der Waals surface area contributed by atoms with E-state index in [4.69, 9.17) is 0 Å². The highest BCUT2D eigenvalue weighted by Crippen LogP contribution is 2.40. The second kappa shape index (κ2) is 6.27. The molecule has 0 saturated carbocycles. The van der Waals surface area contributed by atoms with Gasteiger partial charge in [-0.05, 0) is 30.4 Å². The largest absolute Gasteiger partial charge is 0.392 e. The van der Waals surface area contributed by atoms with Crippen LogP contribution in [0.25, 0.3) is 0 Å². The fraction of sp³-hybridized carbons (Fsp3) is 0.625. The van der Waals surface area contributed by atoms with Crippen LogP contribution in [0.1, 0.15) is 45.1 Å².